The van der Waals surface area contributed by atoms with Gasteiger partial charge in [0.25, 0.3) is 5.91 Å². The normalized spacial score (nSPS) is 18.2. The van der Waals surface area contributed by atoms with Crippen LogP contribution in [0.2, 0.25) is 0 Å². The number of aromatic nitrogens is 3. The molecule has 7 nitrogen and oxygen atoms in total. The monoisotopic (exact) mass is 456 g/mol. The van der Waals surface area contributed by atoms with Gasteiger partial charge in [-0.2, -0.15) is 5.10 Å². The predicted molar refractivity (Wildman–Crippen MR) is 130 cm³/mol. The van der Waals surface area contributed by atoms with Gasteiger partial charge in [-0.3, -0.25) is 9.89 Å². The zero-order valence-corrected chi connectivity index (χ0v) is 19.3. The molecule has 1 aliphatic heterocycles. The number of pyridine rings is 1. The summed E-state index contributed by atoms with van der Waals surface area (Å²) in [5, 5.41) is 9.79. The van der Waals surface area contributed by atoms with Gasteiger partial charge in [0.15, 0.2) is 6.29 Å². The van der Waals surface area contributed by atoms with Crippen LogP contribution in [-0.2, 0) is 22.4 Å². The average Bonchev–Trinajstić information content (AvgIpc) is 3.35. The fourth-order valence-electron chi connectivity index (χ4n) is 5.29. The molecule has 1 saturated heterocycles. The van der Waals surface area contributed by atoms with Crippen molar-refractivity contribution in [1.82, 2.24) is 20.7 Å². The fraction of sp³-hybridized carbons (Fsp3) is 0.370. The lowest BCUT2D eigenvalue weighted by Crippen LogP contribution is -2.33. The molecule has 2 aromatic heterocycles. The summed E-state index contributed by atoms with van der Waals surface area (Å²) in [6.07, 6.45) is 8.83. The zero-order valence-electron chi connectivity index (χ0n) is 19.3. The first kappa shape index (κ1) is 21.3. The molecule has 1 fully saturated rings. The molecule has 2 aromatic carbocycles. The van der Waals surface area contributed by atoms with Gasteiger partial charge in [0.05, 0.1) is 22.9 Å². The van der Waals surface area contributed by atoms with Crippen LogP contribution in [0.3, 0.4) is 0 Å². The summed E-state index contributed by atoms with van der Waals surface area (Å²) >= 11 is 0. The Hall–Kier alpha value is -3.29. The maximum atomic E-state index is 12.6. The molecule has 0 saturated carbocycles. The Balaban J connectivity index is 1.34. The number of hydrogen-bond acceptors (Lipinski definition) is 5. The first-order valence-corrected chi connectivity index (χ1v) is 12.2. The number of benzene rings is 2. The highest BCUT2D eigenvalue weighted by Gasteiger charge is 2.22. The van der Waals surface area contributed by atoms with Crippen LogP contribution >= 0.6 is 0 Å². The number of carbonyl (C=O) groups excluding carboxylic acids is 1. The Morgan fingerprint density at radius 1 is 1.12 bits per heavy atom. The highest BCUT2D eigenvalue weighted by Crippen LogP contribution is 2.39. The van der Waals surface area contributed by atoms with E-state index in [1.165, 1.54) is 22.9 Å². The number of hydroxylamine groups is 1. The molecule has 1 amide bonds. The van der Waals surface area contributed by atoms with E-state index in [4.69, 9.17) is 14.6 Å². The Labute approximate surface area is 197 Å². The summed E-state index contributed by atoms with van der Waals surface area (Å²) in [6.45, 7) is 2.78. The van der Waals surface area contributed by atoms with E-state index in [9.17, 15) is 4.79 Å². The van der Waals surface area contributed by atoms with Crippen molar-refractivity contribution in [1.29, 1.82) is 0 Å². The third kappa shape index (κ3) is 3.75. The third-order valence-corrected chi connectivity index (χ3v) is 7.03. The van der Waals surface area contributed by atoms with Crippen LogP contribution in [0.15, 0.2) is 36.5 Å². The highest BCUT2D eigenvalue weighted by atomic mass is 16.8. The molecule has 4 aromatic rings. The minimum absolute atomic E-state index is 0.271. The minimum Gasteiger partial charge on any atom is -0.350 e. The molecule has 3 heterocycles. The molecule has 0 bridgehead atoms. The molecular formula is C27H28N4O3. The number of aromatic amines is 1. The van der Waals surface area contributed by atoms with Crippen molar-refractivity contribution in [2.45, 2.75) is 58.2 Å². The lowest BCUT2D eigenvalue weighted by atomic mass is 9.85. The molecular weight excluding hydrogens is 428 g/mol. The fourth-order valence-corrected chi connectivity index (χ4v) is 5.29. The topological polar surface area (TPSA) is 89.1 Å². The van der Waals surface area contributed by atoms with Gasteiger partial charge >= 0.3 is 0 Å². The molecule has 174 valence electrons. The molecule has 34 heavy (non-hydrogen) atoms. The van der Waals surface area contributed by atoms with Gasteiger partial charge in [0, 0.05) is 34.9 Å². The van der Waals surface area contributed by atoms with Crippen molar-refractivity contribution in [2.75, 3.05) is 6.61 Å². The van der Waals surface area contributed by atoms with Gasteiger partial charge in [-0.05, 0) is 80.3 Å². The van der Waals surface area contributed by atoms with Gasteiger partial charge in [-0.1, -0.05) is 12.1 Å². The van der Waals surface area contributed by atoms with E-state index in [0.717, 1.165) is 71.8 Å². The maximum absolute atomic E-state index is 12.6. The first-order valence-electron chi connectivity index (χ1n) is 12.2. The summed E-state index contributed by atoms with van der Waals surface area (Å²) in [6, 6.07) is 9.77. The van der Waals surface area contributed by atoms with E-state index in [2.05, 4.69) is 28.7 Å². The standard InChI is InChI=1S/C27H28N4O3/c1-16-14-22-21(15-28-30-22)24-19-6-2-3-7-20(19)26(29-25(16)24)17-9-11-18(12-10-17)27(32)31-34-23-8-4-5-13-33-23/h9-12,14-15,23H,2-8,13H2,1H3,(H,28,30)(H,31,32). The van der Waals surface area contributed by atoms with Crippen LogP contribution in [0.5, 0.6) is 0 Å². The van der Waals surface area contributed by atoms with E-state index in [1.54, 1.807) is 0 Å². The van der Waals surface area contributed by atoms with Gasteiger partial charge in [0.1, 0.15) is 0 Å². The largest absolute Gasteiger partial charge is 0.350 e. The second-order valence-electron chi connectivity index (χ2n) is 9.30. The van der Waals surface area contributed by atoms with Crippen molar-refractivity contribution in [3.05, 3.63) is 58.8 Å². The molecule has 2 N–H and O–H groups in total. The molecule has 7 heteroatoms. The molecule has 1 unspecified atom stereocenters. The van der Waals surface area contributed by atoms with Crippen LogP contribution in [0.25, 0.3) is 33.1 Å². The molecule has 1 aliphatic carbocycles. The van der Waals surface area contributed by atoms with Crippen molar-refractivity contribution in [3.8, 4) is 11.3 Å². The minimum atomic E-state index is -0.366. The SMILES string of the molecule is Cc1cc2[nH]ncc2c2c3c(c(-c4ccc(C(=O)NOC5CCCCO5)cc4)nc12)CCCC3. The number of H-pyrrole nitrogens is 1. The summed E-state index contributed by atoms with van der Waals surface area (Å²) in [4.78, 5) is 23.2. The molecule has 1 atom stereocenters. The molecule has 0 radical (unpaired) electrons. The number of amides is 1. The zero-order chi connectivity index (χ0) is 23.1. The van der Waals surface area contributed by atoms with Crippen molar-refractivity contribution in [3.63, 3.8) is 0 Å². The van der Waals surface area contributed by atoms with Crippen LogP contribution in [0, 0.1) is 6.92 Å². The number of aryl methyl sites for hydroxylation is 2. The second-order valence-corrected chi connectivity index (χ2v) is 9.30. The number of carbonyl (C=O) groups is 1. The lowest BCUT2D eigenvalue weighted by molar-refractivity contribution is -0.186. The van der Waals surface area contributed by atoms with E-state index in [0.29, 0.717) is 12.2 Å². The second kappa shape index (κ2) is 8.81. The Kier molecular flexibility index (Phi) is 5.51. The van der Waals surface area contributed by atoms with E-state index < -0.39 is 0 Å². The molecule has 0 spiro atoms. The first-order chi connectivity index (χ1) is 16.7. The van der Waals surface area contributed by atoms with Crippen LogP contribution < -0.4 is 5.48 Å². The average molecular weight is 457 g/mol. The number of rotatable bonds is 4. The van der Waals surface area contributed by atoms with Crippen LogP contribution in [0.4, 0.5) is 0 Å². The lowest BCUT2D eigenvalue weighted by Gasteiger charge is -2.23. The predicted octanol–water partition coefficient (Wildman–Crippen LogP) is 5.15. The van der Waals surface area contributed by atoms with Gasteiger partial charge in [-0.25, -0.2) is 15.3 Å². The van der Waals surface area contributed by atoms with E-state index in [-0.39, 0.29) is 12.2 Å². The highest BCUT2D eigenvalue weighted by molar-refractivity contribution is 6.09. The summed E-state index contributed by atoms with van der Waals surface area (Å²) in [7, 11) is 0. The van der Waals surface area contributed by atoms with E-state index in [1.807, 2.05) is 30.5 Å². The van der Waals surface area contributed by atoms with Crippen molar-refractivity contribution >= 4 is 27.7 Å². The van der Waals surface area contributed by atoms with Crippen molar-refractivity contribution in [2.24, 2.45) is 0 Å². The van der Waals surface area contributed by atoms with E-state index >= 15 is 0 Å². The van der Waals surface area contributed by atoms with Gasteiger partial charge in [-0.15, -0.1) is 0 Å². The maximum Gasteiger partial charge on any atom is 0.274 e. The van der Waals surface area contributed by atoms with Gasteiger partial charge in [0.2, 0.25) is 0 Å². The Morgan fingerprint density at radius 2 is 1.94 bits per heavy atom. The quantitative estimate of drug-likeness (QED) is 0.415. The Bertz CT molecular complexity index is 1370. The van der Waals surface area contributed by atoms with Crippen molar-refractivity contribution < 1.29 is 14.4 Å². The third-order valence-electron chi connectivity index (χ3n) is 7.03. The van der Waals surface area contributed by atoms with Crippen LogP contribution in [-0.4, -0.2) is 34.0 Å². The number of ether oxygens (including phenoxy) is 1. The van der Waals surface area contributed by atoms with Crippen LogP contribution in [0.1, 0.15) is 59.2 Å². The molecule has 6 rings (SSSR count). The summed E-state index contributed by atoms with van der Waals surface area (Å²) in [5.74, 6) is -0.271. The summed E-state index contributed by atoms with van der Waals surface area (Å²) in [5.41, 5.74) is 11.1. The Morgan fingerprint density at radius 3 is 2.74 bits per heavy atom. The smallest absolute Gasteiger partial charge is 0.274 e. The number of nitrogens with zero attached hydrogens (tertiary/aromatic N) is 2. The van der Waals surface area contributed by atoms with Gasteiger partial charge < -0.3 is 4.74 Å². The summed E-state index contributed by atoms with van der Waals surface area (Å²) < 4.78 is 5.51. The molecule has 2 aliphatic rings. The number of fused-ring (bicyclic) bond motifs is 5. The number of hydrogen-bond donors (Lipinski definition) is 2. The number of nitrogens with one attached hydrogen (secondary N) is 2.